The summed E-state index contributed by atoms with van der Waals surface area (Å²) in [6.07, 6.45) is 0. The lowest BCUT2D eigenvalue weighted by Crippen LogP contribution is -2.42. The van der Waals surface area contributed by atoms with Gasteiger partial charge in [-0.3, -0.25) is 14.5 Å². The van der Waals surface area contributed by atoms with E-state index in [-0.39, 0.29) is 23.7 Å². The Bertz CT molecular complexity index is 1070. The summed E-state index contributed by atoms with van der Waals surface area (Å²) in [5, 5.41) is 3.40. The van der Waals surface area contributed by atoms with Crippen LogP contribution in [0.2, 0.25) is 5.02 Å². The van der Waals surface area contributed by atoms with E-state index in [9.17, 15) is 14.0 Å². The minimum Gasteiger partial charge on any atom is -0.322 e. The molecule has 0 aliphatic rings. The molecule has 0 bridgehead atoms. The predicted molar refractivity (Wildman–Crippen MR) is 108 cm³/mol. The number of nitrogens with one attached hydrogen (secondary N) is 2. The fourth-order valence-corrected chi connectivity index (χ4v) is 3.09. The maximum absolute atomic E-state index is 13.9. The number of aromatic nitrogens is 2. The van der Waals surface area contributed by atoms with Gasteiger partial charge in [-0.15, -0.1) is 0 Å². The van der Waals surface area contributed by atoms with Gasteiger partial charge >= 0.3 is 0 Å². The molecule has 2 aromatic carbocycles. The minimum absolute atomic E-state index is 0.0256. The third kappa shape index (κ3) is 4.37. The van der Waals surface area contributed by atoms with Crippen LogP contribution in [0.15, 0.2) is 47.3 Å². The Morgan fingerprint density at radius 2 is 2.07 bits per heavy atom. The van der Waals surface area contributed by atoms with E-state index < -0.39 is 11.9 Å². The molecule has 0 aliphatic heterocycles. The number of halogens is 2. The van der Waals surface area contributed by atoms with Crippen LogP contribution < -0.4 is 10.9 Å². The second kappa shape index (κ2) is 8.50. The highest BCUT2D eigenvalue weighted by molar-refractivity contribution is 6.30. The second-order valence-electron chi connectivity index (χ2n) is 6.38. The van der Waals surface area contributed by atoms with Crippen molar-refractivity contribution in [3.63, 3.8) is 0 Å². The van der Waals surface area contributed by atoms with Crippen LogP contribution in [-0.4, -0.2) is 33.4 Å². The molecule has 6 nitrogen and oxygen atoms in total. The number of carbonyl (C=O) groups excluding carboxylic acids is 1. The molecule has 0 spiro atoms. The van der Waals surface area contributed by atoms with Crippen molar-refractivity contribution in [2.24, 2.45) is 0 Å². The van der Waals surface area contributed by atoms with Gasteiger partial charge in [-0.25, -0.2) is 9.37 Å². The zero-order valence-electron chi connectivity index (χ0n) is 15.5. The number of hydrogen-bond donors (Lipinski definition) is 2. The molecule has 3 aromatic rings. The fourth-order valence-electron chi connectivity index (χ4n) is 2.92. The summed E-state index contributed by atoms with van der Waals surface area (Å²) in [7, 11) is 0. The number of aromatic amines is 1. The number of amides is 1. The lowest BCUT2D eigenvalue weighted by atomic mass is 10.2. The van der Waals surface area contributed by atoms with Crippen molar-refractivity contribution in [2.75, 3.05) is 11.9 Å². The molecule has 2 N–H and O–H groups in total. The van der Waals surface area contributed by atoms with Gasteiger partial charge in [-0.2, -0.15) is 0 Å². The number of nitrogens with zero attached hydrogens (tertiary/aromatic N) is 2. The van der Waals surface area contributed by atoms with Crippen LogP contribution in [0, 0.1) is 5.82 Å². The first-order valence-electron chi connectivity index (χ1n) is 8.87. The molecule has 1 amide bonds. The molecule has 0 saturated heterocycles. The first kappa shape index (κ1) is 20.0. The smallest absolute Gasteiger partial charge is 0.258 e. The topological polar surface area (TPSA) is 78.1 Å². The lowest BCUT2D eigenvalue weighted by Gasteiger charge is -2.26. The molecule has 28 heavy (non-hydrogen) atoms. The summed E-state index contributed by atoms with van der Waals surface area (Å²) in [5.74, 6) is -0.487. The van der Waals surface area contributed by atoms with E-state index in [0.29, 0.717) is 28.3 Å². The number of anilines is 1. The molecule has 0 saturated carbocycles. The highest BCUT2D eigenvalue weighted by Crippen LogP contribution is 2.20. The molecular weight excluding hydrogens is 383 g/mol. The van der Waals surface area contributed by atoms with Gasteiger partial charge in [0.05, 0.1) is 29.2 Å². The maximum atomic E-state index is 13.9. The summed E-state index contributed by atoms with van der Waals surface area (Å²) in [4.78, 5) is 33.9. The number of benzene rings is 2. The van der Waals surface area contributed by atoms with Crippen LogP contribution in [0.1, 0.15) is 19.7 Å². The van der Waals surface area contributed by atoms with Crippen molar-refractivity contribution in [1.29, 1.82) is 0 Å². The Morgan fingerprint density at radius 3 is 2.82 bits per heavy atom. The summed E-state index contributed by atoms with van der Waals surface area (Å²) >= 11 is 5.87. The number of fused-ring (bicyclic) bond motifs is 1. The number of hydrogen-bond acceptors (Lipinski definition) is 4. The predicted octanol–water partition coefficient (Wildman–Crippen LogP) is 3.56. The van der Waals surface area contributed by atoms with Gasteiger partial charge in [0.1, 0.15) is 11.6 Å². The normalized spacial score (nSPS) is 12.3. The molecule has 0 fully saturated rings. The monoisotopic (exact) mass is 402 g/mol. The number of likely N-dealkylation sites (N-methyl/N-ethyl adjacent to an activating group) is 1. The standard InChI is InChI=1S/C20H20ClFN4O2/c1-3-26(11-18-23-16-7-5-4-6-14(16)20(28)25-18)12(2)19(27)24-17-10-13(21)8-9-15(17)22/h4-10,12H,3,11H2,1-2H3,(H,24,27)(H,23,25,28). The fraction of sp³-hybridized carbons (Fsp3) is 0.250. The average molecular weight is 403 g/mol. The Balaban J connectivity index is 1.78. The highest BCUT2D eigenvalue weighted by Gasteiger charge is 2.22. The summed E-state index contributed by atoms with van der Waals surface area (Å²) < 4.78 is 13.9. The van der Waals surface area contributed by atoms with Gasteiger partial charge in [0.15, 0.2) is 0 Å². The lowest BCUT2D eigenvalue weighted by molar-refractivity contribution is -0.120. The molecule has 1 aromatic heterocycles. The van der Waals surface area contributed by atoms with Crippen molar-refractivity contribution in [2.45, 2.75) is 26.4 Å². The van der Waals surface area contributed by atoms with Crippen LogP contribution in [0.4, 0.5) is 10.1 Å². The summed E-state index contributed by atoms with van der Waals surface area (Å²) in [6, 6.07) is 10.4. The number of para-hydroxylation sites is 1. The van der Waals surface area contributed by atoms with E-state index in [1.165, 1.54) is 18.2 Å². The molecule has 0 radical (unpaired) electrons. The van der Waals surface area contributed by atoms with Crippen molar-refractivity contribution in [1.82, 2.24) is 14.9 Å². The van der Waals surface area contributed by atoms with Gasteiger partial charge < -0.3 is 10.3 Å². The molecule has 3 rings (SSSR count). The van der Waals surface area contributed by atoms with E-state index >= 15 is 0 Å². The van der Waals surface area contributed by atoms with Gasteiger partial charge in [0.25, 0.3) is 5.56 Å². The quantitative estimate of drug-likeness (QED) is 0.660. The first-order chi connectivity index (χ1) is 13.4. The largest absolute Gasteiger partial charge is 0.322 e. The van der Waals surface area contributed by atoms with Crippen LogP contribution in [0.25, 0.3) is 10.9 Å². The highest BCUT2D eigenvalue weighted by atomic mass is 35.5. The summed E-state index contributed by atoms with van der Waals surface area (Å²) in [5.41, 5.74) is 0.391. The van der Waals surface area contributed by atoms with Crippen LogP contribution in [0.5, 0.6) is 0 Å². The summed E-state index contributed by atoms with van der Waals surface area (Å²) in [6.45, 7) is 4.40. The van der Waals surface area contributed by atoms with Crippen molar-refractivity contribution in [3.05, 3.63) is 69.5 Å². The molecular formula is C20H20ClFN4O2. The van der Waals surface area contributed by atoms with Crippen LogP contribution >= 0.6 is 11.6 Å². The van der Waals surface area contributed by atoms with Gasteiger partial charge in [0.2, 0.25) is 5.91 Å². The SMILES string of the molecule is CCN(Cc1nc2ccccc2c(=O)[nH]1)C(C)C(=O)Nc1cc(Cl)ccc1F. The number of H-pyrrole nitrogens is 1. The Kier molecular flexibility index (Phi) is 6.06. The Morgan fingerprint density at radius 1 is 1.32 bits per heavy atom. The zero-order valence-corrected chi connectivity index (χ0v) is 16.3. The average Bonchev–Trinajstić information content (AvgIpc) is 2.68. The van der Waals surface area contributed by atoms with E-state index in [2.05, 4.69) is 15.3 Å². The third-order valence-corrected chi connectivity index (χ3v) is 4.77. The molecule has 1 unspecified atom stereocenters. The van der Waals surface area contributed by atoms with Gasteiger partial charge in [-0.1, -0.05) is 30.7 Å². The Hall–Kier alpha value is -2.77. The molecule has 0 aliphatic carbocycles. The van der Waals surface area contributed by atoms with E-state index in [1.54, 1.807) is 25.1 Å². The van der Waals surface area contributed by atoms with Crippen molar-refractivity contribution in [3.8, 4) is 0 Å². The van der Waals surface area contributed by atoms with Crippen molar-refractivity contribution < 1.29 is 9.18 Å². The Labute approximate surface area is 166 Å². The van der Waals surface area contributed by atoms with E-state index in [0.717, 1.165) is 0 Å². The number of rotatable bonds is 6. The molecule has 1 heterocycles. The maximum Gasteiger partial charge on any atom is 0.258 e. The number of carbonyl (C=O) groups is 1. The first-order valence-corrected chi connectivity index (χ1v) is 9.24. The van der Waals surface area contributed by atoms with Crippen molar-refractivity contribution >= 4 is 34.1 Å². The van der Waals surface area contributed by atoms with Crippen LogP contribution in [-0.2, 0) is 11.3 Å². The third-order valence-electron chi connectivity index (χ3n) is 4.53. The zero-order chi connectivity index (χ0) is 20.3. The molecule has 1 atom stereocenters. The molecule has 8 heteroatoms. The van der Waals surface area contributed by atoms with Crippen LogP contribution in [0.3, 0.4) is 0 Å². The van der Waals surface area contributed by atoms with E-state index in [4.69, 9.17) is 11.6 Å². The minimum atomic E-state index is -0.583. The van der Waals surface area contributed by atoms with Gasteiger partial charge in [-0.05, 0) is 43.8 Å². The van der Waals surface area contributed by atoms with Gasteiger partial charge in [0, 0.05) is 5.02 Å². The molecule has 146 valence electrons. The second-order valence-corrected chi connectivity index (χ2v) is 6.82. The van der Waals surface area contributed by atoms with E-state index in [1.807, 2.05) is 17.9 Å².